The van der Waals surface area contributed by atoms with E-state index in [0.717, 1.165) is 15.4 Å². The summed E-state index contributed by atoms with van der Waals surface area (Å²) in [5.41, 5.74) is 1.91. The molecule has 0 unspecified atom stereocenters. The normalized spacial score (nSPS) is 10.5. The van der Waals surface area contributed by atoms with Crippen LogP contribution in [-0.4, -0.2) is 22.6 Å². The molecule has 2 aromatic heterocycles. The SMILES string of the molecule is CC(=O)NCc1ccc(-c2csc(NC(=O)c3ccccc3C(=O)c3ccccc3)n2)s1. The molecular formula is C24H19N3O3S2. The zero-order valence-electron chi connectivity index (χ0n) is 17.1. The first-order valence-corrected chi connectivity index (χ1v) is 11.5. The maximum atomic E-state index is 12.9. The molecule has 2 aromatic carbocycles. The third-order valence-corrected chi connectivity index (χ3v) is 6.47. The number of hydrogen-bond acceptors (Lipinski definition) is 6. The molecule has 0 aliphatic carbocycles. The molecule has 0 saturated carbocycles. The minimum absolute atomic E-state index is 0.0790. The van der Waals surface area contributed by atoms with E-state index in [1.807, 2.05) is 23.6 Å². The van der Waals surface area contributed by atoms with Gasteiger partial charge in [-0.2, -0.15) is 0 Å². The van der Waals surface area contributed by atoms with Gasteiger partial charge in [-0.25, -0.2) is 4.98 Å². The Hall–Kier alpha value is -3.62. The maximum Gasteiger partial charge on any atom is 0.258 e. The number of aromatic nitrogens is 1. The van der Waals surface area contributed by atoms with Crippen LogP contribution in [0.15, 0.2) is 72.1 Å². The van der Waals surface area contributed by atoms with Gasteiger partial charge in [0.1, 0.15) is 0 Å². The summed E-state index contributed by atoms with van der Waals surface area (Å²) in [6.07, 6.45) is 0. The number of rotatable bonds is 7. The molecule has 4 rings (SSSR count). The minimum Gasteiger partial charge on any atom is -0.351 e. The smallest absolute Gasteiger partial charge is 0.258 e. The van der Waals surface area contributed by atoms with Crippen LogP contribution in [0.4, 0.5) is 5.13 Å². The van der Waals surface area contributed by atoms with Gasteiger partial charge in [0.2, 0.25) is 5.91 Å². The number of carbonyl (C=O) groups excluding carboxylic acids is 3. The number of benzene rings is 2. The number of nitrogens with zero attached hydrogens (tertiary/aromatic N) is 1. The maximum absolute atomic E-state index is 12.9. The largest absolute Gasteiger partial charge is 0.351 e. The third-order valence-electron chi connectivity index (χ3n) is 4.60. The van der Waals surface area contributed by atoms with Gasteiger partial charge in [-0.3, -0.25) is 19.7 Å². The molecule has 0 fully saturated rings. The Bertz CT molecular complexity index is 1280. The molecule has 4 aromatic rings. The number of thiazole rings is 1. The molecule has 0 atom stereocenters. The molecule has 32 heavy (non-hydrogen) atoms. The molecule has 0 radical (unpaired) electrons. The molecule has 2 heterocycles. The van der Waals surface area contributed by atoms with Crippen molar-refractivity contribution in [3.63, 3.8) is 0 Å². The summed E-state index contributed by atoms with van der Waals surface area (Å²) in [5.74, 6) is -0.672. The molecule has 2 amide bonds. The first kappa shape index (κ1) is 21.6. The Morgan fingerprint density at radius 1 is 0.906 bits per heavy atom. The highest BCUT2D eigenvalue weighted by Crippen LogP contribution is 2.31. The van der Waals surface area contributed by atoms with Crippen LogP contribution in [0, 0.1) is 0 Å². The lowest BCUT2D eigenvalue weighted by molar-refractivity contribution is -0.119. The summed E-state index contributed by atoms with van der Waals surface area (Å²) in [4.78, 5) is 43.4. The fourth-order valence-corrected chi connectivity index (χ4v) is 4.74. The average Bonchev–Trinajstić information content (AvgIpc) is 3.47. The summed E-state index contributed by atoms with van der Waals surface area (Å²) < 4.78 is 0. The van der Waals surface area contributed by atoms with Gasteiger partial charge in [-0.1, -0.05) is 48.5 Å². The first-order chi connectivity index (χ1) is 15.5. The zero-order chi connectivity index (χ0) is 22.5. The first-order valence-electron chi connectivity index (χ1n) is 9.80. The lowest BCUT2D eigenvalue weighted by Crippen LogP contribution is -2.17. The molecule has 0 spiro atoms. The molecule has 160 valence electrons. The van der Waals surface area contributed by atoms with Crippen LogP contribution >= 0.6 is 22.7 Å². The van der Waals surface area contributed by atoms with Crippen LogP contribution in [-0.2, 0) is 11.3 Å². The Labute approximate surface area is 193 Å². The van der Waals surface area contributed by atoms with E-state index in [2.05, 4.69) is 15.6 Å². The van der Waals surface area contributed by atoms with Gasteiger partial charge in [0, 0.05) is 28.3 Å². The molecule has 0 saturated heterocycles. The predicted molar refractivity (Wildman–Crippen MR) is 127 cm³/mol. The quantitative estimate of drug-likeness (QED) is 0.380. The van der Waals surface area contributed by atoms with E-state index in [9.17, 15) is 14.4 Å². The van der Waals surface area contributed by atoms with Crippen LogP contribution < -0.4 is 10.6 Å². The van der Waals surface area contributed by atoms with E-state index in [-0.39, 0.29) is 17.6 Å². The molecule has 6 nitrogen and oxygen atoms in total. The van der Waals surface area contributed by atoms with Crippen molar-refractivity contribution >= 4 is 45.4 Å². The fourth-order valence-electron chi connectivity index (χ4n) is 3.06. The second kappa shape index (κ2) is 9.67. The number of amides is 2. The highest BCUT2D eigenvalue weighted by Gasteiger charge is 2.19. The summed E-state index contributed by atoms with van der Waals surface area (Å²) in [6, 6.07) is 19.5. The van der Waals surface area contributed by atoms with Gasteiger partial charge in [0.15, 0.2) is 10.9 Å². The summed E-state index contributed by atoms with van der Waals surface area (Å²) in [6.45, 7) is 1.95. The highest BCUT2D eigenvalue weighted by atomic mass is 32.1. The van der Waals surface area contributed by atoms with E-state index < -0.39 is 0 Å². The number of nitrogens with one attached hydrogen (secondary N) is 2. The Morgan fingerprint density at radius 2 is 1.62 bits per heavy atom. The molecule has 0 bridgehead atoms. The van der Waals surface area contributed by atoms with Gasteiger partial charge < -0.3 is 5.32 Å². The van der Waals surface area contributed by atoms with Crippen molar-refractivity contribution in [2.45, 2.75) is 13.5 Å². The monoisotopic (exact) mass is 461 g/mol. The summed E-state index contributed by atoms with van der Waals surface area (Å²) >= 11 is 2.85. The van der Waals surface area contributed by atoms with Crippen LogP contribution in [0.3, 0.4) is 0 Å². The molecule has 0 aliphatic rings. The highest BCUT2D eigenvalue weighted by molar-refractivity contribution is 7.17. The van der Waals surface area contributed by atoms with E-state index in [1.54, 1.807) is 48.5 Å². The lowest BCUT2D eigenvalue weighted by Gasteiger charge is -2.08. The predicted octanol–water partition coefficient (Wildman–Crippen LogP) is 4.99. The Balaban J connectivity index is 1.50. The van der Waals surface area contributed by atoms with Crippen molar-refractivity contribution in [1.29, 1.82) is 0 Å². The molecule has 0 aliphatic heterocycles. The third kappa shape index (κ3) is 4.99. The van der Waals surface area contributed by atoms with E-state index >= 15 is 0 Å². The number of ketones is 1. The van der Waals surface area contributed by atoms with Crippen molar-refractivity contribution in [2.75, 3.05) is 5.32 Å². The van der Waals surface area contributed by atoms with Crippen molar-refractivity contribution in [1.82, 2.24) is 10.3 Å². The molecule has 8 heteroatoms. The van der Waals surface area contributed by atoms with Crippen molar-refractivity contribution < 1.29 is 14.4 Å². The number of carbonyl (C=O) groups is 3. The zero-order valence-corrected chi connectivity index (χ0v) is 18.8. The molecular weight excluding hydrogens is 442 g/mol. The minimum atomic E-state index is -0.386. The number of anilines is 1. The Morgan fingerprint density at radius 3 is 2.38 bits per heavy atom. The Kier molecular flexibility index (Phi) is 6.53. The van der Waals surface area contributed by atoms with E-state index in [4.69, 9.17) is 0 Å². The second-order valence-corrected chi connectivity index (χ2v) is 8.93. The van der Waals surface area contributed by atoms with Gasteiger partial charge in [0.25, 0.3) is 5.91 Å². The van der Waals surface area contributed by atoms with Gasteiger partial charge in [0.05, 0.1) is 22.7 Å². The van der Waals surface area contributed by atoms with Crippen LogP contribution in [0.25, 0.3) is 10.6 Å². The fraction of sp³-hybridized carbons (Fsp3) is 0.0833. The van der Waals surface area contributed by atoms with E-state index in [1.165, 1.54) is 29.6 Å². The number of hydrogen-bond donors (Lipinski definition) is 2. The second-order valence-electron chi connectivity index (χ2n) is 6.91. The molecule has 2 N–H and O–H groups in total. The van der Waals surface area contributed by atoms with Crippen LogP contribution in [0.2, 0.25) is 0 Å². The van der Waals surface area contributed by atoms with Gasteiger partial charge >= 0.3 is 0 Å². The van der Waals surface area contributed by atoms with Gasteiger partial charge in [-0.05, 0) is 18.2 Å². The summed E-state index contributed by atoms with van der Waals surface area (Å²) in [7, 11) is 0. The standard InChI is InChI=1S/C24H19N3O3S2/c1-15(28)25-13-17-11-12-21(32-17)20-14-31-24(26-20)27-23(30)19-10-6-5-9-18(19)22(29)16-7-3-2-4-8-16/h2-12,14H,13H2,1H3,(H,25,28)(H,26,27,30). The summed E-state index contributed by atoms with van der Waals surface area (Å²) in [5, 5.41) is 7.89. The van der Waals surface area contributed by atoms with Crippen molar-refractivity contribution in [3.05, 3.63) is 93.7 Å². The lowest BCUT2D eigenvalue weighted by atomic mass is 9.98. The number of thiophene rings is 1. The topological polar surface area (TPSA) is 88.2 Å². The van der Waals surface area contributed by atoms with Crippen LogP contribution in [0.5, 0.6) is 0 Å². The van der Waals surface area contributed by atoms with Gasteiger partial charge in [-0.15, -0.1) is 22.7 Å². The average molecular weight is 462 g/mol. The van der Waals surface area contributed by atoms with E-state index in [0.29, 0.717) is 28.4 Å². The van der Waals surface area contributed by atoms with Crippen LogP contribution in [0.1, 0.15) is 38.1 Å². The van der Waals surface area contributed by atoms with Crippen molar-refractivity contribution in [2.24, 2.45) is 0 Å². The van der Waals surface area contributed by atoms with Crippen molar-refractivity contribution in [3.8, 4) is 10.6 Å².